The van der Waals surface area contributed by atoms with Crippen LogP contribution < -0.4 is 5.32 Å². The van der Waals surface area contributed by atoms with E-state index in [9.17, 15) is 9.18 Å². The van der Waals surface area contributed by atoms with Crippen LogP contribution in [0.5, 0.6) is 0 Å². The van der Waals surface area contributed by atoms with Crippen LogP contribution in [0.15, 0.2) is 70.6 Å². The summed E-state index contributed by atoms with van der Waals surface area (Å²) in [6.07, 6.45) is 0. The molecule has 2 aromatic heterocycles. The lowest BCUT2D eigenvalue weighted by Crippen LogP contribution is -2.04. The van der Waals surface area contributed by atoms with Gasteiger partial charge in [0.1, 0.15) is 10.8 Å². The molecule has 0 spiro atoms. The van der Waals surface area contributed by atoms with Gasteiger partial charge >= 0.3 is 0 Å². The summed E-state index contributed by atoms with van der Waals surface area (Å²) < 4.78 is 14.8. The van der Waals surface area contributed by atoms with Gasteiger partial charge in [0.2, 0.25) is 5.91 Å². The van der Waals surface area contributed by atoms with Crippen LogP contribution in [0.2, 0.25) is 0 Å². The molecular formula is C20H14FN3OS2. The maximum absolute atomic E-state index is 13.9. The highest BCUT2D eigenvalue weighted by atomic mass is 32.2. The number of thiazole rings is 1. The van der Waals surface area contributed by atoms with Crippen molar-refractivity contribution >= 4 is 44.4 Å². The number of anilines is 1. The predicted molar refractivity (Wildman–Crippen MR) is 108 cm³/mol. The molecule has 0 bridgehead atoms. The average molecular weight is 395 g/mol. The van der Waals surface area contributed by atoms with Crippen molar-refractivity contribution in [3.63, 3.8) is 0 Å². The number of nitrogens with one attached hydrogen (secondary N) is 1. The van der Waals surface area contributed by atoms with E-state index in [0.717, 1.165) is 26.5 Å². The highest BCUT2D eigenvalue weighted by Crippen LogP contribution is 2.32. The van der Waals surface area contributed by atoms with Crippen LogP contribution >= 0.6 is 23.1 Å². The van der Waals surface area contributed by atoms with E-state index >= 15 is 0 Å². The standard InChI is InChI=1S/C20H14FN3OS2/c1-12(25)22-20-24-16-10-9-13(11-18(16)27-20)15-6-4-8-19(23-15)26-17-7-3-2-5-14(17)21/h2-11H,1H3,(H,22,24,25). The van der Waals surface area contributed by atoms with Crippen LogP contribution in [0.3, 0.4) is 0 Å². The predicted octanol–water partition coefficient (Wildman–Crippen LogP) is 5.61. The third kappa shape index (κ3) is 3.99. The topological polar surface area (TPSA) is 54.9 Å². The van der Waals surface area contributed by atoms with Gasteiger partial charge in [-0.3, -0.25) is 4.79 Å². The molecule has 0 saturated heterocycles. The van der Waals surface area contributed by atoms with Crippen molar-refractivity contribution in [1.29, 1.82) is 0 Å². The summed E-state index contributed by atoms with van der Waals surface area (Å²) in [5, 5.41) is 4.01. The van der Waals surface area contributed by atoms with Gasteiger partial charge in [0, 0.05) is 17.4 Å². The highest BCUT2D eigenvalue weighted by Gasteiger charge is 2.09. The van der Waals surface area contributed by atoms with Gasteiger partial charge in [-0.15, -0.1) is 0 Å². The van der Waals surface area contributed by atoms with Gasteiger partial charge in [-0.1, -0.05) is 47.4 Å². The SMILES string of the molecule is CC(=O)Nc1nc2ccc(-c3cccc(Sc4ccccc4F)n3)cc2s1. The molecule has 4 aromatic rings. The number of carbonyl (C=O) groups excluding carboxylic acids is 1. The minimum absolute atomic E-state index is 0.145. The number of halogens is 1. The molecule has 0 fully saturated rings. The molecule has 134 valence electrons. The normalized spacial score (nSPS) is 10.9. The van der Waals surface area contributed by atoms with Crippen LogP contribution in [-0.4, -0.2) is 15.9 Å². The Morgan fingerprint density at radius 1 is 1.07 bits per heavy atom. The number of amides is 1. The number of rotatable bonds is 4. The van der Waals surface area contributed by atoms with Gasteiger partial charge in [-0.05, 0) is 36.4 Å². The molecule has 4 nitrogen and oxygen atoms in total. The van der Waals surface area contributed by atoms with Crippen LogP contribution in [0.25, 0.3) is 21.5 Å². The molecule has 1 N–H and O–H groups in total. The number of aromatic nitrogens is 2. The van der Waals surface area contributed by atoms with Gasteiger partial charge in [0.15, 0.2) is 5.13 Å². The molecule has 27 heavy (non-hydrogen) atoms. The second-order valence-electron chi connectivity index (χ2n) is 5.78. The first-order valence-electron chi connectivity index (χ1n) is 8.16. The maximum Gasteiger partial charge on any atom is 0.223 e. The summed E-state index contributed by atoms with van der Waals surface area (Å²) in [6.45, 7) is 1.46. The second-order valence-corrected chi connectivity index (χ2v) is 7.87. The lowest BCUT2D eigenvalue weighted by Gasteiger charge is -2.05. The number of fused-ring (bicyclic) bond motifs is 1. The molecule has 1 amide bonds. The monoisotopic (exact) mass is 395 g/mol. The zero-order chi connectivity index (χ0) is 18.8. The van der Waals surface area contributed by atoms with Crippen molar-refractivity contribution in [2.24, 2.45) is 0 Å². The van der Waals surface area contributed by atoms with Crippen LogP contribution in [0.1, 0.15) is 6.92 Å². The first-order chi connectivity index (χ1) is 13.1. The van der Waals surface area contributed by atoms with Crippen LogP contribution in [-0.2, 0) is 4.79 Å². The molecule has 0 radical (unpaired) electrons. The lowest BCUT2D eigenvalue weighted by molar-refractivity contribution is -0.114. The maximum atomic E-state index is 13.9. The smallest absolute Gasteiger partial charge is 0.223 e. The second kappa shape index (κ2) is 7.46. The van der Waals surface area contributed by atoms with Gasteiger partial charge < -0.3 is 5.32 Å². The van der Waals surface area contributed by atoms with Crippen molar-refractivity contribution in [3.05, 3.63) is 66.5 Å². The summed E-state index contributed by atoms with van der Waals surface area (Å²) in [4.78, 5) is 20.8. The molecule has 0 atom stereocenters. The summed E-state index contributed by atoms with van der Waals surface area (Å²) in [5.74, 6) is -0.403. The Kier molecular flexibility index (Phi) is 4.87. The fourth-order valence-electron chi connectivity index (χ4n) is 2.56. The van der Waals surface area contributed by atoms with Crippen molar-refractivity contribution in [3.8, 4) is 11.3 Å². The molecule has 2 aromatic carbocycles. The molecule has 4 rings (SSSR count). The molecule has 0 aliphatic heterocycles. The van der Waals surface area contributed by atoms with E-state index < -0.39 is 0 Å². The molecule has 0 saturated carbocycles. The number of hydrogen-bond donors (Lipinski definition) is 1. The van der Waals surface area contributed by atoms with Crippen molar-refractivity contribution < 1.29 is 9.18 Å². The zero-order valence-electron chi connectivity index (χ0n) is 14.3. The first kappa shape index (κ1) is 17.6. The third-order valence-corrected chi connectivity index (χ3v) is 5.66. The summed E-state index contributed by atoms with van der Waals surface area (Å²) in [6, 6.07) is 18.2. The van der Waals surface area contributed by atoms with Crippen LogP contribution in [0, 0.1) is 5.82 Å². The molecule has 0 aliphatic rings. The largest absolute Gasteiger partial charge is 0.302 e. The Bertz CT molecular complexity index is 1140. The molecule has 7 heteroatoms. The van der Waals surface area contributed by atoms with E-state index in [1.54, 1.807) is 18.2 Å². The number of pyridine rings is 1. The van der Waals surface area contributed by atoms with E-state index in [0.29, 0.717) is 10.0 Å². The fourth-order valence-corrected chi connectivity index (χ4v) is 4.34. The lowest BCUT2D eigenvalue weighted by atomic mass is 10.1. The Labute approximate surface area is 163 Å². The summed E-state index contributed by atoms with van der Waals surface area (Å²) in [5.41, 5.74) is 2.56. The van der Waals surface area contributed by atoms with E-state index in [-0.39, 0.29) is 11.7 Å². The van der Waals surface area contributed by atoms with Gasteiger partial charge in [-0.25, -0.2) is 14.4 Å². The number of benzene rings is 2. The Morgan fingerprint density at radius 2 is 1.93 bits per heavy atom. The van der Waals surface area contributed by atoms with E-state index in [4.69, 9.17) is 0 Å². The molecular weight excluding hydrogens is 381 g/mol. The van der Waals surface area contributed by atoms with Crippen molar-refractivity contribution in [2.75, 3.05) is 5.32 Å². The van der Waals surface area contributed by atoms with Gasteiger partial charge in [-0.2, -0.15) is 0 Å². The molecule has 0 aliphatic carbocycles. The first-order valence-corrected chi connectivity index (χ1v) is 9.80. The highest BCUT2D eigenvalue weighted by molar-refractivity contribution is 7.99. The molecule has 0 unspecified atom stereocenters. The van der Waals surface area contributed by atoms with Gasteiger partial charge in [0.05, 0.1) is 15.9 Å². The van der Waals surface area contributed by atoms with Crippen molar-refractivity contribution in [1.82, 2.24) is 9.97 Å². The number of nitrogens with zero attached hydrogens (tertiary/aromatic N) is 2. The minimum Gasteiger partial charge on any atom is -0.302 e. The Hall–Kier alpha value is -2.77. The van der Waals surface area contributed by atoms with Gasteiger partial charge in [0.25, 0.3) is 0 Å². The van der Waals surface area contributed by atoms with E-state index in [1.165, 1.54) is 36.1 Å². The number of hydrogen-bond acceptors (Lipinski definition) is 5. The average Bonchev–Trinajstić information content (AvgIpc) is 3.04. The minimum atomic E-state index is -0.258. The summed E-state index contributed by atoms with van der Waals surface area (Å²) >= 11 is 2.71. The van der Waals surface area contributed by atoms with Crippen molar-refractivity contribution in [2.45, 2.75) is 16.8 Å². The summed E-state index contributed by atoms with van der Waals surface area (Å²) in [7, 11) is 0. The van der Waals surface area contributed by atoms with E-state index in [2.05, 4.69) is 15.3 Å². The Morgan fingerprint density at radius 3 is 2.74 bits per heavy atom. The quantitative estimate of drug-likeness (QED) is 0.488. The molecule has 2 heterocycles. The fraction of sp³-hybridized carbons (Fsp3) is 0.0500. The zero-order valence-corrected chi connectivity index (χ0v) is 15.9. The third-order valence-electron chi connectivity index (χ3n) is 3.74. The van der Waals surface area contributed by atoms with Crippen LogP contribution in [0.4, 0.5) is 9.52 Å². The Balaban J connectivity index is 1.65. The number of carbonyl (C=O) groups is 1. The van der Waals surface area contributed by atoms with E-state index in [1.807, 2.05) is 36.4 Å².